The number of allylic oxidation sites excluding steroid dienone is 4. The van der Waals surface area contributed by atoms with E-state index in [0.717, 1.165) is 5.57 Å². The SMILES string of the molecule is CON=C(C(=O)OC)C1=CC=CCC1=COc1ccccc1.O. The number of nitrogens with zero attached hydrogens (tertiary/aromatic N) is 1. The fraction of sp³-hybridized carbons (Fsp3) is 0.176. The standard InChI is InChI=1S/C17H17NO4.H2O/c1-20-17(19)16(18-21-2)15-11-7-6-8-13(15)12-22-14-9-4-3-5-10-14;/h3-7,9-12H,8H2,1-2H3;1H2. The molecule has 6 heteroatoms. The van der Waals surface area contributed by atoms with Crippen LogP contribution < -0.4 is 4.74 Å². The number of ether oxygens (including phenoxy) is 2. The van der Waals surface area contributed by atoms with Crippen molar-refractivity contribution in [3.05, 3.63) is 66.0 Å². The Balaban J connectivity index is 0.00000264. The Labute approximate surface area is 134 Å². The third kappa shape index (κ3) is 4.82. The molecule has 0 heterocycles. The Morgan fingerprint density at radius 1 is 1.22 bits per heavy atom. The third-order valence-electron chi connectivity index (χ3n) is 2.98. The highest BCUT2D eigenvalue weighted by Crippen LogP contribution is 2.23. The molecule has 2 rings (SSSR count). The van der Waals surface area contributed by atoms with Crippen LogP contribution in [0.25, 0.3) is 0 Å². The van der Waals surface area contributed by atoms with Gasteiger partial charge in [0.05, 0.1) is 13.4 Å². The van der Waals surface area contributed by atoms with Gasteiger partial charge in [-0.15, -0.1) is 0 Å². The van der Waals surface area contributed by atoms with Crippen molar-refractivity contribution in [3.8, 4) is 5.75 Å². The predicted octanol–water partition coefficient (Wildman–Crippen LogP) is 2.19. The Kier molecular flexibility index (Phi) is 7.29. The van der Waals surface area contributed by atoms with E-state index in [1.165, 1.54) is 14.2 Å². The molecule has 1 aromatic rings. The van der Waals surface area contributed by atoms with Crippen LogP contribution in [0.4, 0.5) is 0 Å². The Morgan fingerprint density at radius 3 is 2.61 bits per heavy atom. The number of hydrogen-bond donors (Lipinski definition) is 0. The van der Waals surface area contributed by atoms with Gasteiger partial charge in [-0.05, 0) is 18.6 Å². The van der Waals surface area contributed by atoms with Gasteiger partial charge in [0, 0.05) is 11.1 Å². The summed E-state index contributed by atoms with van der Waals surface area (Å²) < 4.78 is 10.4. The lowest BCUT2D eigenvalue weighted by Gasteiger charge is -2.14. The highest BCUT2D eigenvalue weighted by Gasteiger charge is 2.22. The lowest BCUT2D eigenvalue weighted by Crippen LogP contribution is -2.20. The van der Waals surface area contributed by atoms with Gasteiger partial charge in [-0.1, -0.05) is 41.6 Å². The van der Waals surface area contributed by atoms with Crippen molar-refractivity contribution in [2.45, 2.75) is 6.42 Å². The maximum absolute atomic E-state index is 11.9. The number of methoxy groups -OCH3 is 1. The van der Waals surface area contributed by atoms with Crippen molar-refractivity contribution in [2.24, 2.45) is 5.16 Å². The average molecular weight is 317 g/mol. The Bertz CT molecular complexity index is 644. The molecule has 0 saturated heterocycles. The van der Waals surface area contributed by atoms with Crippen LogP contribution in [0.3, 0.4) is 0 Å². The van der Waals surface area contributed by atoms with E-state index in [9.17, 15) is 4.79 Å². The van der Waals surface area contributed by atoms with Crippen LogP contribution in [-0.4, -0.2) is 31.4 Å². The normalized spacial score (nSPS) is 15.5. The van der Waals surface area contributed by atoms with Gasteiger partial charge in [0.1, 0.15) is 12.9 Å². The van der Waals surface area contributed by atoms with Crippen molar-refractivity contribution in [2.75, 3.05) is 14.2 Å². The molecule has 0 amide bonds. The monoisotopic (exact) mass is 317 g/mol. The lowest BCUT2D eigenvalue weighted by molar-refractivity contribution is -0.132. The summed E-state index contributed by atoms with van der Waals surface area (Å²) in [7, 11) is 2.68. The first-order valence-corrected chi connectivity index (χ1v) is 6.74. The molecule has 1 aliphatic carbocycles. The first-order chi connectivity index (χ1) is 10.8. The third-order valence-corrected chi connectivity index (χ3v) is 2.98. The molecular formula is C17H19NO5. The van der Waals surface area contributed by atoms with Gasteiger partial charge in [-0.3, -0.25) is 0 Å². The van der Waals surface area contributed by atoms with Gasteiger partial charge in [-0.2, -0.15) is 0 Å². The van der Waals surface area contributed by atoms with Crippen molar-refractivity contribution < 1.29 is 24.6 Å². The van der Waals surface area contributed by atoms with E-state index in [4.69, 9.17) is 14.3 Å². The smallest absolute Gasteiger partial charge is 0.360 e. The zero-order valence-corrected chi connectivity index (χ0v) is 13.0. The molecule has 0 saturated carbocycles. The van der Waals surface area contributed by atoms with E-state index >= 15 is 0 Å². The first kappa shape index (κ1) is 18.2. The number of esters is 1. The summed E-state index contributed by atoms with van der Waals surface area (Å²) in [4.78, 5) is 16.6. The minimum atomic E-state index is -0.561. The molecule has 1 aliphatic rings. The number of carbonyl (C=O) groups is 1. The molecule has 2 N–H and O–H groups in total. The first-order valence-electron chi connectivity index (χ1n) is 6.74. The maximum atomic E-state index is 11.9. The van der Waals surface area contributed by atoms with Crippen molar-refractivity contribution >= 4 is 11.7 Å². The minimum Gasteiger partial charge on any atom is -0.465 e. The van der Waals surface area contributed by atoms with Crippen LogP contribution in [0.2, 0.25) is 0 Å². The van der Waals surface area contributed by atoms with Gasteiger partial charge in [0.25, 0.3) is 0 Å². The highest BCUT2D eigenvalue weighted by atomic mass is 16.6. The second kappa shape index (κ2) is 9.22. The second-order valence-electron chi connectivity index (χ2n) is 4.40. The maximum Gasteiger partial charge on any atom is 0.360 e. The number of hydrogen-bond acceptors (Lipinski definition) is 5. The molecule has 0 radical (unpaired) electrons. The number of oxime groups is 1. The van der Waals surface area contributed by atoms with Crippen LogP contribution in [0.15, 0.2) is 71.1 Å². The summed E-state index contributed by atoms with van der Waals surface area (Å²) >= 11 is 0. The zero-order chi connectivity index (χ0) is 15.8. The number of rotatable bonds is 5. The molecule has 122 valence electrons. The molecule has 1 aromatic carbocycles. The minimum absolute atomic E-state index is 0. The van der Waals surface area contributed by atoms with Gasteiger partial charge in [0.15, 0.2) is 5.71 Å². The molecule has 0 spiro atoms. The predicted molar refractivity (Wildman–Crippen MR) is 87.1 cm³/mol. The second-order valence-corrected chi connectivity index (χ2v) is 4.40. The Hall–Kier alpha value is -2.86. The van der Waals surface area contributed by atoms with Crippen molar-refractivity contribution in [1.29, 1.82) is 0 Å². The van der Waals surface area contributed by atoms with Crippen LogP contribution in [0.1, 0.15) is 6.42 Å². The summed E-state index contributed by atoms with van der Waals surface area (Å²) in [6.07, 6.45) is 7.82. The molecule has 0 unspecified atom stereocenters. The lowest BCUT2D eigenvalue weighted by atomic mass is 9.95. The topological polar surface area (TPSA) is 88.6 Å². The number of para-hydroxylation sites is 1. The molecule has 0 aliphatic heterocycles. The van der Waals surface area contributed by atoms with E-state index in [1.807, 2.05) is 42.5 Å². The molecule has 0 atom stereocenters. The van der Waals surface area contributed by atoms with E-state index in [2.05, 4.69) is 5.16 Å². The highest BCUT2D eigenvalue weighted by molar-refractivity contribution is 6.44. The molecule has 0 fully saturated rings. The summed E-state index contributed by atoms with van der Waals surface area (Å²) in [5.41, 5.74) is 1.54. The quantitative estimate of drug-likeness (QED) is 0.360. The molecule has 23 heavy (non-hydrogen) atoms. The van der Waals surface area contributed by atoms with E-state index in [0.29, 0.717) is 17.7 Å². The fourth-order valence-electron chi connectivity index (χ4n) is 1.94. The summed E-state index contributed by atoms with van der Waals surface area (Å²) in [6.45, 7) is 0. The fourth-order valence-corrected chi connectivity index (χ4v) is 1.94. The summed E-state index contributed by atoms with van der Waals surface area (Å²) in [5, 5.41) is 3.77. The van der Waals surface area contributed by atoms with Gasteiger partial charge in [0.2, 0.25) is 0 Å². The molecular weight excluding hydrogens is 298 g/mol. The largest absolute Gasteiger partial charge is 0.465 e. The molecule has 0 aromatic heterocycles. The summed E-state index contributed by atoms with van der Waals surface area (Å²) in [5.74, 6) is 0.154. The van der Waals surface area contributed by atoms with Crippen molar-refractivity contribution in [1.82, 2.24) is 0 Å². The summed E-state index contributed by atoms with van der Waals surface area (Å²) in [6, 6.07) is 9.39. The van der Waals surface area contributed by atoms with E-state index < -0.39 is 5.97 Å². The van der Waals surface area contributed by atoms with E-state index in [1.54, 1.807) is 12.3 Å². The zero-order valence-electron chi connectivity index (χ0n) is 13.0. The van der Waals surface area contributed by atoms with Crippen LogP contribution in [-0.2, 0) is 14.4 Å². The van der Waals surface area contributed by atoms with Gasteiger partial charge in [-0.25, -0.2) is 4.79 Å². The van der Waals surface area contributed by atoms with Crippen LogP contribution in [0, 0.1) is 0 Å². The molecule has 0 bridgehead atoms. The van der Waals surface area contributed by atoms with Crippen LogP contribution >= 0.6 is 0 Å². The number of carbonyl (C=O) groups excluding carboxylic acids is 1. The average Bonchev–Trinajstić information content (AvgIpc) is 2.58. The molecule has 6 nitrogen and oxygen atoms in total. The van der Waals surface area contributed by atoms with Crippen molar-refractivity contribution in [3.63, 3.8) is 0 Å². The Morgan fingerprint density at radius 2 is 1.96 bits per heavy atom. The van der Waals surface area contributed by atoms with Crippen LogP contribution in [0.5, 0.6) is 5.75 Å². The van der Waals surface area contributed by atoms with Gasteiger partial charge < -0.3 is 19.8 Å². The van der Waals surface area contributed by atoms with E-state index in [-0.39, 0.29) is 11.2 Å². The number of benzene rings is 1. The van der Waals surface area contributed by atoms with Gasteiger partial charge >= 0.3 is 5.97 Å².